The summed E-state index contributed by atoms with van der Waals surface area (Å²) in [6.07, 6.45) is 0.107. The van der Waals surface area contributed by atoms with Crippen LogP contribution in [-0.2, 0) is 22.6 Å². The molecule has 0 saturated carbocycles. The van der Waals surface area contributed by atoms with Crippen molar-refractivity contribution in [2.75, 3.05) is 7.05 Å². The lowest BCUT2D eigenvalue weighted by Crippen LogP contribution is -2.47. The Morgan fingerprint density at radius 3 is 2.44 bits per heavy atom. The van der Waals surface area contributed by atoms with Crippen LogP contribution in [0, 0.1) is 5.82 Å². The van der Waals surface area contributed by atoms with E-state index >= 15 is 0 Å². The van der Waals surface area contributed by atoms with E-state index in [0.717, 1.165) is 10.0 Å². The Balaban J connectivity index is 2.21. The molecule has 6 heteroatoms. The van der Waals surface area contributed by atoms with E-state index in [9.17, 15) is 14.0 Å². The second-order valence-electron chi connectivity index (χ2n) is 5.75. The monoisotopic (exact) mass is 406 g/mol. The minimum Gasteiger partial charge on any atom is -0.357 e. The third kappa shape index (κ3) is 5.39. The van der Waals surface area contributed by atoms with Crippen LogP contribution in [0.25, 0.3) is 0 Å². The number of nitrogens with zero attached hydrogens (tertiary/aromatic N) is 1. The van der Waals surface area contributed by atoms with Gasteiger partial charge in [-0.25, -0.2) is 4.39 Å². The number of hydrogen-bond donors (Lipinski definition) is 1. The van der Waals surface area contributed by atoms with Gasteiger partial charge in [-0.15, -0.1) is 0 Å². The maximum absolute atomic E-state index is 13.0. The Bertz CT molecular complexity index is 749. The van der Waals surface area contributed by atoms with Crippen LogP contribution in [0.5, 0.6) is 0 Å². The van der Waals surface area contributed by atoms with Crippen LogP contribution in [0.3, 0.4) is 0 Å². The fraction of sp³-hybridized carbons (Fsp3) is 0.263. The summed E-state index contributed by atoms with van der Waals surface area (Å²) in [5.41, 5.74) is 1.62. The van der Waals surface area contributed by atoms with Gasteiger partial charge in [0.05, 0.1) is 6.42 Å². The number of rotatable bonds is 6. The molecule has 4 nitrogen and oxygen atoms in total. The van der Waals surface area contributed by atoms with E-state index in [4.69, 9.17) is 0 Å². The first-order valence-corrected chi connectivity index (χ1v) is 8.70. The third-order valence-corrected chi connectivity index (χ3v) is 4.42. The fourth-order valence-electron chi connectivity index (χ4n) is 2.50. The van der Waals surface area contributed by atoms with Gasteiger partial charge in [0.15, 0.2) is 0 Å². The lowest BCUT2D eigenvalue weighted by atomic mass is 10.1. The van der Waals surface area contributed by atoms with Crippen molar-refractivity contribution < 1.29 is 14.0 Å². The zero-order chi connectivity index (χ0) is 18.4. The second kappa shape index (κ2) is 8.76. The quantitative estimate of drug-likeness (QED) is 0.799. The average Bonchev–Trinajstić information content (AvgIpc) is 2.60. The molecule has 25 heavy (non-hydrogen) atoms. The summed E-state index contributed by atoms with van der Waals surface area (Å²) in [6.45, 7) is 2.01. The Labute approximate surface area is 155 Å². The normalized spacial score (nSPS) is 11.7. The minimum absolute atomic E-state index is 0.107. The molecule has 1 atom stereocenters. The highest BCUT2D eigenvalue weighted by Crippen LogP contribution is 2.16. The maximum Gasteiger partial charge on any atom is 0.242 e. The zero-order valence-corrected chi connectivity index (χ0v) is 15.7. The molecule has 2 aromatic carbocycles. The van der Waals surface area contributed by atoms with Gasteiger partial charge in [-0.05, 0) is 42.3 Å². The van der Waals surface area contributed by atoms with Gasteiger partial charge in [0, 0.05) is 18.1 Å². The number of halogens is 2. The van der Waals surface area contributed by atoms with Crippen LogP contribution in [0.1, 0.15) is 18.1 Å². The van der Waals surface area contributed by atoms with Crippen LogP contribution >= 0.6 is 15.9 Å². The summed E-state index contributed by atoms with van der Waals surface area (Å²) in [5.74, 6) is -0.772. The third-order valence-electron chi connectivity index (χ3n) is 3.92. The zero-order valence-electron chi connectivity index (χ0n) is 14.1. The predicted molar refractivity (Wildman–Crippen MR) is 98.3 cm³/mol. The lowest BCUT2D eigenvalue weighted by Gasteiger charge is -2.28. The Kier molecular flexibility index (Phi) is 6.70. The molecule has 0 spiro atoms. The Hall–Kier alpha value is -2.21. The number of likely N-dealkylation sites (N-methyl/N-ethyl adjacent to an activating group) is 1. The molecule has 1 N–H and O–H groups in total. The van der Waals surface area contributed by atoms with Gasteiger partial charge < -0.3 is 10.2 Å². The summed E-state index contributed by atoms with van der Waals surface area (Å²) in [5, 5.41) is 2.58. The number of amides is 2. The van der Waals surface area contributed by atoms with Gasteiger partial charge in [0.1, 0.15) is 11.9 Å². The van der Waals surface area contributed by atoms with Crippen molar-refractivity contribution in [3.8, 4) is 0 Å². The molecule has 2 amide bonds. The second-order valence-corrected chi connectivity index (χ2v) is 6.66. The number of carbonyl (C=O) groups excluding carboxylic acids is 2. The van der Waals surface area contributed by atoms with E-state index in [1.807, 2.05) is 24.3 Å². The van der Waals surface area contributed by atoms with Crippen molar-refractivity contribution in [3.05, 3.63) is 69.9 Å². The molecule has 0 heterocycles. The highest BCUT2D eigenvalue weighted by molar-refractivity contribution is 9.10. The molecule has 0 aromatic heterocycles. The smallest absolute Gasteiger partial charge is 0.242 e. The molecule has 132 valence electrons. The summed E-state index contributed by atoms with van der Waals surface area (Å²) < 4.78 is 13.9. The summed E-state index contributed by atoms with van der Waals surface area (Å²) in [7, 11) is 1.54. The van der Waals surface area contributed by atoms with Crippen LogP contribution in [0.15, 0.2) is 53.0 Å². The number of benzene rings is 2. The van der Waals surface area contributed by atoms with Gasteiger partial charge >= 0.3 is 0 Å². The Morgan fingerprint density at radius 2 is 1.84 bits per heavy atom. The molecule has 0 bridgehead atoms. The first kappa shape index (κ1) is 19.1. The Morgan fingerprint density at radius 1 is 1.16 bits per heavy atom. The first-order chi connectivity index (χ1) is 11.9. The van der Waals surface area contributed by atoms with E-state index in [-0.39, 0.29) is 24.1 Å². The topological polar surface area (TPSA) is 49.4 Å². The minimum atomic E-state index is -0.614. The molecule has 0 radical (unpaired) electrons. The molecule has 2 aromatic rings. The van der Waals surface area contributed by atoms with Crippen LogP contribution in [0.4, 0.5) is 4.39 Å². The highest BCUT2D eigenvalue weighted by Gasteiger charge is 2.25. The van der Waals surface area contributed by atoms with Gasteiger partial charge in [-0.3, -0.25) is 9.59 Å². The SMILES string of the molecule is CNC(=O)[C@H](C)N(Cc1cccc(Br)c1)C(=O)Cc1ccc(F)cc1. The number of nitrogens with one attached hydrogen (secondary N) is 1. The largest absolute Gasteiger partial charge is 0.357 e. The van der Waals surface area contributed by atoms with Crippen molar-refractivity contribution in [1.82, 2.24) is 10.2 Å². The molecule has 0 saturated heterocycles. The van der Waals surface area contributed by atoms with Gasteiger partial charge in [-0.2, -0.15) is 0 Å². The lowest BCUT2D eigenvalue weighted by molar-refractivity contribution is -0.139. The molecule has 0 unspecified atom stereocenters. The van der Waals surface area contributed by atoms with E-state index in [0.29, 0.717) is 12.1 Å². The van der Waals surface area contributed by atoms with Crippen molar-refractivity contribution in [1.29, 1.82) is 0 Å². The molecule has 0 aliphatic rings. The molecule has 2 rings (SSSR count). The summed E-state index contributed by atoms with van der Waals surface area (Å²) >= 11 is 3.41. The van der Waals surface area contributed by atoms with Crippen LogP contribution in [-0.4, -0.2) is 29.8 Å². The van der Waals surface area contributed by atoms with Gasteiger partial charge in [0.2, 0.25) is 11.8 Å². The molecule has 0 fully saturated rings. The standard InChI is InChI=1S/C19H20BrFN2O2/c1-13(19(25)22-2)23(12-15-4-3-5-16(20)10-15)18(24)11-14-6-8-17(21)9-7-14/h3-10,13H,11-12H2,1-2H3,(H,22,25)/t13-/m0/s1. The van der Waals surface area contributed by atoms with Gasteiger partial charge in [-0.1, -0.05) is 40.2 Å². The maximum atomic E-state index is 13.0. The van der Waals surface area contributed by atoms with E-state index in [2.05, 4.69) is 21.2 Å². The van der Waals surface area contributed by atoms with Crippen molar-refractivity contribution in [2.45, 2.75) is 25.9 Å². The van der Waals surface area contributed by atoms with Crippen molar-refractivity contribution in [3.63, 3.8) is 0 Å². The fourth-order valence-corrected chi connectivity index (χ4v) is 2.95. The average molecular weight is 407 g/mol. The molecular formula is C19H20BrFN2O2. The number of hydrogen-bond acceptors (Lipinski definition) is 2. The molecule has 0 aliphatic carbocycles. The summed E-state index contributed by atoms with van der Waals surface area (Å²) in [6, 6.07) is 12.8. The van der Waals surface area contributed by atoms with E-state index < -0.39 is 6.04 Å². The van der Waals surface area contributed by atoms with Gasteiger partial charge in [0.25, 0.3) is 0 Å². The van der Waals surface area contributed by atoms with E-state index in [1.54, 1.807) is 26.1 Å². The molecule has 0 aliphatic heterocycles. The predicted octanol–water partition coefficient (Wildman–Crippen LogP) is 3.29. The molecular weight excluding hydrogens is 387 g/mol. The van der Waals surface area contributed by atoms with Crippen LogP contribution in [0.2, 0.25) is 0 Å². The van der Waals surface area contributed by atoms with Crippen molar-refractivity contribution >= 4 is 27.7 Å². The highest BCUT2D eigenvalue weighted by atomic mass is 79.9. The van der Waals surface area contributed by atoms with Crippen LogP contribution < -0.4 is 5.32 Å². The number of carbonyl (C=O) groups is 2. The van der Waals surface area contributed by atoms with Crippen molar-refractivity contribution in [2.24, 2.45) is 0 Å². The van der Waals surface area contributed by atoms with E-state index in [1.165, 1.54) is 17.0 Å². The first-order valence-electron chi connectivity index (χ1n) is 7.90. The summed E-state index contributed by atoms with van der Waals surface area (Å²) in [4.78, 5) is 26.4.